The zero-order valence-electron chi connectivity index (χ0n) is 11.9. The van der Waals surface area contributed by atoms with E-state index in [9.17, 15) is 22.8 Å². The number of aromatic nitrogens is 2. The van der Waals surface area contributed by atoms with E-state index < -0.39 is 35.2 Å². The zero-order chi connectivity index (χ0) is 16.5. The van der Waals surface area contributed by atoms with Crippen LogP contribution in [0.1, 0.15) is 35.8 Å². The maximum absolute atomic E-state index is 13.1. The summed E-state index contributed by atoms with van der Waals surface area (Å²) in [5, 5.41) is 12.5. The number of aliphatic carboxylic acids is 1. The molecule has 22 heavy (non-hydrogen) atoms. The van der Waals surface area contributed by atoms with E-state index in [4.69, 9.17) is 5.11 Å². The molecule has 1 aromatic rings. The van der Waals surface area contributed by atoms with Crippen LogP contribution in [0.3, 0.4) is 0 Å². The van der Waals surface area contributed by atoms with E-state index in [1.807, 2.05) is 0 Å². The number of hydrogen-bond donors (Lipinski definition) is 1. The van der Waals surface area contributed by atoms with E-state index in [0.29, 0.717) is 0 Å². The number of alkyl halides is 3. The summed E-state index contributed by atoms with van der Waals surface area (Å²) in [4.78, 5) is 24.4. The molecule has 0 aromatic carbocycles. The minimum absolute atomic E-state index is 0.00319. The topological polar surface area (TPSA) is 75.4 Å². The minimum Gasteiger partial charge on any atom is -0.481 e. The lowest BCUT2D eigenvalue weighted by Crippen LogP contribution is -2.40. The van der Waals surface area contributed by atoms with Crippen LogP contribution in [0.5, 0.6) is 0 Å². The molecule has 6 nitrogen and oxygen atoms in total. The van der Waals surface area contributed by atoms with Crippen molar-refractivity contribution in [1.29, 1.82) is 0 Å². The van der Waals surface area contributed by atoms with Gasteiger partial charge in [-0.05, 0) is 19.8 Å². The second-order valence-corrected chi connectivity index (χ2v) is 5.13. The number of nitrogens with zero attached hydrogens (tertiary/aromatic N) is 3. The van der Waals surface area contributed by atoms with Crippen molar-refractivity contribution in [3.63, 3.8) is 0 Å². The van der Waals surface area contributed by atoms with Crippen molar-refractivity contribution in [2.75, 3.05) is 13.1 Å². The maximum Gasteiger partial charge on any atom is 0.433 e. The highest BCUT2D eigenvalue weighted by Crippen LogP contribution is 2.33. The smallest absolute Gasteiger partial charge is 0.433 e. The van der Waals surface area contributed by atoms with E-state index in [-0.39, 0.29) is 32.5 Å². The number of carbonyl (C=O) groups is 2. The van der Waals surface area contributed by atoms with Crippen molar-refractivity contribution < 1.29 is 27.9 Å². The molecule has 1 N–H and O–H groups in total. The van der Waals surface area contributed by atoms with Gasteiger partial charge in [-0.2, -0.15) is 18.3 Å². The summed E-state index contributed by atoms with van der Waals surface area (Å²) < 4.78 is 40.1. The molecule has 1 aromatic heterocycles. The molecule has 0 radical (unpaired) electrons. The summed E-state index contributed by atoms with van der Waals surface area (Å²) in [7, 11) is 0. The van der Waals surface area contributed by atoms with E-state index in [1.165, 1.54) is 11.8 Å². The lowest BCUT2D eigenvalue weighted by molar-refractivity contribution is -0.144. The van der Waals surface area contributed by atoms with E-state index in [0.717, 1.165) is 10.9 Å². The van der Waals surface area contributed by atoms with Gasteiger partial charge in [0.2, 0.25) is 0 Å². The third kappa shape index (κ3) is 3.07. The van der Waals surface area contributed by atoms with Crippen molar-refractivity contribution in [3.8, 4) is 0 Å². The van der Waals surface area contributed by atoms with Crippen molar-refractivity contribution in [3.05, 3.63) is 17.5 Å². The average molecular weight is 319 g/mol. The Morgan fingerprint density at radius 2 is 1.95 bits per heavy atom. The fourth-order valence-electron chi connectivity index (χ4n) is 2.58. The highest BCUT2D eigenvalue weighted by molar-refractivity contribution is 5.95. The second-order valence-electron chi connectivity index (χ2n) is 5.13. The first-order valence-corrected chi connectivity index (χ1v) is 6.90. The Hall–Kier alpha value is -2.06. The molecule has 1 aliphatic rings. The molecule has 1 saturated heterocycles. The van der Waals surface area contributed by atoms with Crippen LogP contribution in [-0.4, -0.2) is 44.8 Å². The van der Waals surface area contributed by atoms with Crippen molar-refractivity contribution in [2.45, 2.75) is 32.5 Å². The van der Waals surface area contributed by atoms with Crippen LogP contribution in [0.15, 0.2) is 6.20 Å². The van der Waals surface area contributed by atoms with Crippen molar-refractivity contribution in [2.24, 2.45) is 5.92 Å². The quantitative estimate of drug-likeness (QED) is 0.923. The van der Waals surface area contributed by atoms with E-state index in [1.54, 1.807) is 0 Å². The van der Waals surface area contributed by atoms with Gasteiger partial charge in [0.05, 0.1) is 17.7 Å². The number of amides is 1. The first kappa shape index (κ1) is 16.3. The summed E-state index contributed by atoms with van der Waals surface area (Å²) in [6.07, 6.45) is -3.26. The second kappa shape index (κ2) is 5.98. The lowest BCUT2D eigenvalue weighted by atomic mass is 9.96. The monoisotopic (exact) mass is 319 g/mol. The highest BCUT2D eigenvalue weighted by atomic mass is 19.4. The number of halogens is 3. The summed E-state index contributed by atoms with van der Waals surface area (Å²) in [6, 6.07) is 0. The molecule has 1 amide bonds. The van der Waals surface area contributed by atoms with Crippen LogP contribution in [0, 0.1) is 5.92 Å². The van der Waals surface area contributed by atoms with Gasteiger partial charge >= 0.3 is 12.1 Å². The molecule has 0 unspecified atom stereocenters. The Morgan fingerprint density at radius 1 is 1.36 bits per heavy atom. The van der Waals surface area contributed by atoms with Gasteiger partial charge in [0.1, 0.15) is 0 Å². The zero-order valence-corrected chi connectivity index (χ0v) is 11.9. The molecular weight excluding hydrogens is 303 g/mol. The maximum atomic E-state index is 13.1. The fourth-order valence-corrected chi connectivity index (χ4v) is 2.58. The van der Waals surface area contributed by atoms with Crippen LogP contribution in [-0.2, 0) is 17.5 Å². The van der Waals surface area contributed by atoms with Crippen LogP contribution >= 0.6 is 0 Å². The lowest BCUT2D eigenvalue weighted by Gasteiger charge is -2.30. The number of likely N-dealkylation sites (tertiary alicyclic amines) is 1. The Balaban J connectivity index is 2.21. The number of rotatable bonds is 3. The Kier molecular flexibility index (Phi) is 4.43. The number of piperidine rings is 1. The standard InChI is InChI=1S/C13H16F3N3O3/c1-2-19-10(13(14,15)16)9(7-17-19)11(20)18-5-3-8(4-6-18)12(21)22/h7-8H,2-6H2,1H3,(H,21,22). The summed E-state index contributed by atoms with van der Waals surface area (Å²) in [5.74, 6) is -2.25. The van der Waals surface area contributed by atoms with Gasteiger partial charge in [-0.25, -0.2) is 0 Å². The summed E-state index contributed by atoms with van der Waals surface area (Å²) in [6.45, 7) is 1.77. The number of carboxylic acid groups (broad SMARTS) is 1. The van der Waals surface area contributed by atoms with E-state index in [2.05, 4.69) is 5.10 Å². The number of aryl methyl sites for hydroxylation is 1. The Labute approximate surface area is 124 Å². The van der Waals surface area contributed by atoms with Crippen molar-refractivity contribution in [1.82, 2.24) is 14.7 Å². The molecule has 2 rings (SSSR count). The Morgan fingerprint density at radius 3 is 2.41 bits per heavy atom. The van der Waals surface area contributed by atoms with Crippen LogP contribution in [0.2, 0.25) is 0 Å². The van der Waals surface area contributed by atoms with Crippen molar-refractivity contribution >= 4 is 11.9 Å². The molecule has 0 spiro atoms. The van der Waals surface area contributed by atoms with Gasteiger partial charge in [0.15, 0.2) is 5.69 Å². The van der Waals surface area contributed by atoms with Gasteiger partial charge in [0.25, 0.3) is 5.91 Å². The van der Waals surface area contributed by atoms with Gasteiger partial charge in [-0.1, -0.05) is 0 Å². The molecule has 0 saturated carbocycles. The molecule has 1 aliphatic heterocycles. The first-order chi connectivity index (χ1) is 10.3. The molecule has 122 valence electrons. The minimum atomic E-state index is -4.67. The molecule has 0 atom stereocenters. The molecular formula is C13H16F3N3O3. The van der Waals surface area contributed by atoms with Gasteiger partial charge in [-0.3, -0.25) is 14.3 Å². The number of carbonyl (C=O) groups excluding carboxylic acids is 1. The van der Waals surface area contributed by atoms with Crippen LogP contribution in [0.4, 0.5) is 13.2 Å². The highest BCUT2D eigenvalue weighted by Gasteiger charge is 2.41. The predicted octanol–water partition coefficient (Wildman–Crippen LogP) is 1.86. The summed E-state index contributed by atoms with van der Waals surface area (Å²) >= 11 is 0. The normalized spacial score (nSPS) is 16.8. The number of carboxylic acids is 1. The SMILES string of the molecule is CCn1ncc(C(=O)N2CCC(C(=O)O)CC2)c1C(F)(F)F. The molecule has 1 fully saturated rings. The Bertz CT molecular complexity index is 575. The van der Waals surface area contributed by atoms with E-state index >= 15 is 0 Å². The molecule has 0 bridgehead atoms. The fraction of sp³-hybridized carbons (Fsp3) is 0.615. The third-order valence-corrected chi connectivity index (χ3v) is 3.77. The predicted molar refractivity (Wildman–Crippen MR) is 69.2 cm³/mol. The first-order valence-electron chi connectivity index (χ1n) is 6.90. The molecule has 2 heterocycles. The van der Waals surface area contributed by atoms with Gasteiger partial charge < -0.3 is 10.0 Å². The number of hydrogen-bond acceptors (Lipinski definition) is 3. The molecule has 9 heteroatoms. The summed E-state index contributed by atoms with van der Waals surface area (Å²) in [5.41, 5.74) is -1.54. The molecule has 0 aliphatic carbocycles. The third-order valence-electron chi connectivity index (χ3n) is 3.77. The van der Waals surface area contributed by atoms with Gasteiger partial charge in [-0.15, -0.1) is 0 Å². The van der Waals surface area contributed by atoms with Crippen LogP contribution in [0.25, 0.3) is 0 Å². The van der Waals surface area contributed by atoms with Gasteiger partial charge in [0, 0.05) is 19.6 Å². The van der Waals surface area contributed by atoms with Crippen LogP contribution < -0.4 is 0 Å². The largest absolute Gasteiger partial charge is 0.481 e. The average Bonchev–Trinajstić information content (AvgIpc) is 2.90.